The van der Waals surface area contributed by atoms with Crippen molar-refractivity contribution in [2.24, 2.45) is 10.8 Å². The second-order valence-corrected chi connectivity index (χ2v) is 8.00. The smallest absolute Gasteiger partial charge is 0.170 e. The lowest BCUT2D eigenvalue weighted by molar-refractivity contribution is 0.0783. The van der Waals surface area contributed by atoms with Gasteiger partial charge < -0.3 is 10.3 Å². The Morgan fingerprint density at radius 3 is 2.78 bits per heavy atom. The van der Waals surface area contributed by atoms with E-state index in [1.807, 2.05) is 12.1 Å². The van der Waals surface area contributed by atoms with Crippen LogP contribution in [0.15, 0.2) is 24.4 Å². The first-order chi connectivity index (χ1) is 10.8. The first-order valence-corrected chi connectivity index (χ1v) is 8.33. The summed E-state index contributed by atoms with van der Waals surface area (Å²) in [6.07, 6.45) is 4.35. The van der Waals surface area contributed by atoms with Crippen molar-refractivity contribution in [3.05, 3.63) is 35.8 Å². The molecule has 1 aliphatic heterocycles. The van der Waals surface area contributed by atoms with E-state index in [9.17, 15) is 9.18 Å². The summed E-state index contributed by atoms with van der Waals surface area (Å²) >= 11 is 0. The van der Waals surface area contributed by atoms with Crippen molar-refractivity contribution in [1.82, 2.24) is 10.3 Å². The van der Waals surface area contributed by atoms with Crippen LogP contribution >= 0.6 is 0 Å². The lowest BCUT2D eigenvalue weighted by Crippen LogP contribution is -2.34. The zero-order chi connectivity index (χ0) is 16.7. The molecule has 3 rings (SSSR count). The molecule has 0 saturated carbocycles. The van der Waals surface area contributed by atoms with Gasteiger partial charge in [0.1, 0.15) is 5.82 Å². The van der Waals surface area contributed by atoms with E-state index in [0.717, 1.165) is 31.2 Å². The Balaban J connectivity index is 1.93. The molecule has 0 aliphatic carbocycles. The van der Waals surface area contributed by atoms with Crippen LogP contribution in [0, 0.1) is 16.6 Å². The molecule has 124 valence electrons. The second kappa shape index (κ2) is 5.75. The Labute approximate surface area is 136 Å². The maximum Gasteiger partial charge on any atom is 0.170 e. The molecule has 1 aromatic heterocycles. The van der Waals surface area contributed by atoms with Crippen LogP contribution < -0.4 is 5.32 Å². The average Bonchev–Trinajstić information content (AvgIpc) is 3.13. The number of hydrogen-bond donors (Lipinski definition) is 2. The van der Waals surface area contributed by atoms with Gasteiger partial charge in [0.15, 0.2) is 5.78 Å². The predicted molar refractivity (Wildman–Crippen MR) is 91.2 cm³/mol. The van der Waals surface area contributed by atoms with Crippen molar-refractivity contribution in [1.29, 1.82) is 0 Å². The van der Waals surface area contributed by atoms with Crippen molar-refractivity contribution in [3.63, 3.8) is 0 Å². The van der Waals surface area contributed by atoms with E-state index >= 15 is 0 Å². The lowest BCUT2D eigenvalue weighted by atomic mass is 9.72. The monoisotopic (exact) mass is 316 g/mol. The number of Topliss-reactive ketones (excluding diaryl/α,β-unsaturated/α-hetero) is 1. The molecule has 4 heteroatoms. The fourth-order valence-electron chi connectivity index (χ4n) is 3.44. The summed E-state index contributed by atoms with van der Waals surface area (Å²) in [5.74, 6) is -0.276. The maximum atomic E-state index is 14.2. The number of fused-ring (bicyclic) bond motifs is 1. The number of carbonyl (C=O) groups excluding carboxylic acids is 1. The minimum absolute atomic E-state index is 0.0775. The summed E-state index contributed by atoms with van der Waals surface area (Å²) in [6.45, 7) is 8.12. The third-order valence-electron chi connectivity index (χ3n) is 4.95. The van der Waals surface area contributed by atoms with Gasteiger partial charge in [-0.3, -0.25) is 4.79 Å². The van der Waals surface area contributed by atoms with E-state index < -0.39 is 5.41 Å². The number of nitrogens with one attached hydrogen (secondary N) is 2. The van der Waals surface area contributed by atoms with Crippen LogP contribution in [-0.4, -0.2) is 23.9 Å². The highest BCUT2D eigenvalue weighted by atomic mass is 19.1. The van der Waals surface area contributed by atoms with Gasteiger partial charge in [0, 0.05) is 29.1 Å². The molecule has 2 heterocycles. The summed E-state index contributed by atoms with van der Waals surface area (Å²) < 4.78 is 14.2. The molecule has 2 N–H and O–H groups in total. The van der Waals surface area contributed by atoms with E-state index in [2.05, 4.69) is 31.1 Å². The van der Waals surface area contributed by atoms with Gasteiger partial charge in [-0.15, -0.1) is 0 Å². The number of hydrogen-bond acceptors (Lipinski definition) is 2. The summed E-state index contributed by atoms with van der Waals surface area (Å²) in [5.41, 5.74) is 0.747. The number of ketones is 1. The Bertz CT molecular complexity index is 721. The third-order valence-corrected chi connectivity index (χ3v) is 4.95. The SMILES string of the molecule is CC(C)(C)CC[C@]1(C(=O)c2cc(F)c3[nH]ccc3c2)CCNC1. The molecule has 23 heavy (non-hydrogen) atoms. The molecule has 3 nitrogen and oxygen atoms in total. The van der Waals surface area contributed by atoms with Crippen LogP contribution in [0.3, 0.4) is 0 Å². The molecule has 2 aromatic rings. The summed E-state index contributed by atoms with van der Waals surface area (Å²) in [7, 11) is 0. The average molecular weight is 316 g/mol. The fourth-order valence-corrected chi connectivity index (χ4v) is 3.44. The highest BCUT2D eigenvalue weighted by Gasteiger charge is 2.42. The molecule has 0 spiro atoms. The predicted octanol–water partition coefficient (Wildman–Crippen LogP) is 4.30. The van der Waals surface area contributed by atoms with E-state index in [-0.39, 0.29) is 17.0 Å². The lowest BCUT2D eigenvalue weighted by Gasteiger charge is -2.30. The molecule has 0 bridgehead atoms. The molecule has 1 saturated heterocycles. The van der Waals surface area contributed by atoms with Crippen molar-refractivity contribution < 1.29 is 9.18 Å². The van der Waals surface area contributed by atoms with Gasteiger partial charge in [-0.25, -0.2) is 4.39 Å². The zero-order valence-electron chi connectivity index (χ0n) is 14.1. The minimum Gasteiger partial charge on any atom is -0.359 e. The highest BCUT2D eigenvalue weighted by molar-refractivity contribution is 6.03. The highest BCUT2D eigenvalue weighted by Crippen LogP contribution is 2.39. The van der Waals surface area contributed by atoms with Gasteiger partial charge in [-0.2, -0.15) is 0 Å². The Kier molecular flexibility index (Phi) is 4.05. The molecular formula is C19H25FN2O. The quantitative estimate of drug-likeness (QED) is 0.826. The topological polar surface area (TPSA) is 44.9 Å². The zero-order valence-corrected chi connectivity index (χ0v) is 14.1. The van der Waals surface area contributed by atoms with Crippen LogP contribution in [0.4, 0.5) is 4.39 Å². The fraction of sp³-hybridized carbons (Fsp3) is 0.526. The second-order valence-electron chi connectivity index (χ2n) is 8.00. The Morgan fingerprint density at radius 2 is 2.13 bits per heavy atom. The number of aromatic nitrogens is 1. The van der Waals surface area contributed by atoms with Crippen LogP contribution in [0.25, 0.3) is 10.9 Å². The standard InChI is InChI=1S/C19H25FN2O/c1-18(2,3)5-6-19(7-9-21-12-19)17(23)14-10-13-4-8-22-16(13)15(20)11-14/h4,8,10-11,21-22H,5-7,9,12H2,1-3H3/t19-/m0/s1. The Hall–Kier alpha value is -1.68. The maximum absolute atomic E-state index is 14.2. The minimum atomic E-state index is -0.399. The molecule has 1 fully saturated rings. The van der Waals surface area contributed by atoms with E-state index in [1.165, 1.54) is 6.07 Å². The summed E-state index contributed by atoms with van der Waals surface area (Å²) in [5, 5.41) is 4.08. The van der Waals surface area contributed by atoms with Gasteiger partial charge in [-0.1, -0.05) is 20.8 Å². The summed E-state index contributed by atoms with van der Waals surface area (Å²) in [6, 6.07) is 5.01. The van der Waals surface area contributed by atoms with Crippen molar-refractivity contribution in [2.45, 2.75) is 40.0 Å². The number of halogens is 1. The number of aromatic amines is 1. The Morgan fingerprint density at radius 1 is 1.35 bits per heavy atom. The molecule has 0 amide bonds. The molecular weight excluding hydrogens is 291 g/mol. The number of H-pyrrole nitrogens is 1. The molecule has 1 aliphatic rings. The van der Waals surface area contributed by atoms with Crippen molar-refractivity contribution in [3.8, 4) is 0 Å². The first kappa shape index (κ1) is 16.2. The number of rotatable bonds is 4. The van der Waals surface area contributed by atoms with Gasteiger partial charge in [0.05, 0.1) is 5.52 Å². The van der Waals surface area contributed by atoms with Gasteiger partial charge >= 0.3 is 0 Å². The van der Waals surface area contributed by atoms with Gasteiger partial charge in [-0.05, 0) is 49.4 Å². The van der Waals surface area contributed by atoms with Gasteiger partial charge in [0.25, 0.3) is 0 Å². The number of benzene rings is 1. The molecule has 1 aromatic carbocycles. The molecule has 0 radical (unpaired) electrons. The van der Waals surface area contributed by atoms with Crippen molar-refractivity contribution >= 4 is 16.7 Å². The van der Waals surface area contributed by atoms with Crippen LogP contribution in [-0.2, 0) is 0 Å². The third kappa shape index (κ3) is 3.18. The van der Waals surface area contributed by atoms with E-state index in [0.29, 0.717) is 17.6 Å². The van der Waals surface area contributed by atoms with E-state index in [1.54, 1.807) is 6.20 Å². The van der Waals surface area contributed by atoms with Gasteiger partial charge in [0.2, 0.25) is 0 Å². The normalized spacial score (nSPS) is 21.9. The van der Waals surface area contributed by atoms with Crippen LogP contribution in [0.1, 0.15) is 50.4 Å². The summed E-state index contributed by atoms with van der Waals surface area (Å²) in [4.78, 5) is 16.1. The largest absolute Gasteiger partial charge is 0.359 e. The van der Waals surface area contributed by atoms with E-state index in [4.69, 9.17) is 0 Å². The molecule has 1 atom stereocenters. The van der Waals surface area contributed by atoms with Crippen molar-refractivity contribution in [2.75, 3.05) is 13.1 Å². The first-order valence-electron chi connectivity index (χ1n) is 8.33. The number of carbonyl (C=O) groups is 1. The van der Waals surface area contributed by atoms with Crippen LogP contribution in [0.5, 0.6) is 0 Å². The van der Waals surface area contributed by atoms with Crippen LogP contribution in [0.2, 0.25) is 0 Å². The molecule has 0 unspecified atom stereocenters.